The summed E-state index contributed by atoms with van der Waals surface area (Å²) in [5.74, 6) is -0.142. The van der Waals surface area contributed by atoms with E-state index >= 15 is 0 Å². The van der Waals surface area contributed by atoms with Crippen LogP contribution in [0.2, 0.25) is 0 Å². The second-order valence-electron chi connectivity index (χ2n) is 3.72. The van der Waals surface area contributed by atoms with Crippen LogP contribution in [0.5, 0.6) is 0 Å². The highest BCUT2D eigenvalue weighted by Gasteiger charge is 2.12. The molecule has 0 fully saturated rings. The number of carbonyl (C=O) groups is 1. The molecule has 2 nitrogen and oxygen atoms in total. The van der Waals surface area contributed by atoms with Crippen LogP contribution in [0.4, 0.5) is 8.78 Å². The number of aryl methyl sites for hydroxylation is 1. The number of rotatable bonds is 6. The second kappa shape index (κ2) is 7.31. The van der Waals surface area contributed by atoms with Crippen molar-refractivity contribution in [3.8, 4) is 0 Å². The fourth-order valence-electron chi connectivity index (χ4n) is 1.33. The predicted octanol–water partition coefficient (Wildman–Crippen LogP) is 4.37. The highest BCUT2D eigenvalue weighted by atomic mass is 79.9. The standard InChI is InChI=1S/C12H12Br2F2O2/c1-7-4-10(14)8(5-9(7)13)11(17)2-3-18-6-12(15)16/h4-5,12H,2-3,6H2,1H3. The smallest absolute Gasteiger partial charge is 0.261 e. The third-order valence-electron chi connectivity index (χ3n) is 2.27. The van der Waals surface area contributed by atoms with Gasteiger partial charge < -0.3 is 4.74 Å². The van der Waals surface area contributed by atoms with Gasteiger partial charge in [0.15, 0.2) is 5.78 Å². The van der Waals surface area contributed by atoms with Gasteiger partial charge >= 0.3 is 0 Å². The molecule has 0 bridgehead atoms. The van der Waals surface area contributed by atoms with Crippen molar-refractivity contribution in [2.75, 3.05) is 13.2 Å². The van der Waals surface area contributed by atoms with E-state index in [9.17, 15) is 13.6 Å². The molecule has 0 saturated heterocycles. The molecule has 1 aromatic rings. The molecular weight excluding hydrogens is 374 g/mol. The van der Waals surface area contributed by atoms with E-state index in [0.717, 1.165) is 10.0 Å². The van der Waals surface area contributed by atoms with Gasteiger partial charge in [0.1, 0.15) is 6.61 Å². The Labute approximate surface area is 121 Å². The van der Waals surface area contributed by atoms with Crippen molar-refractivity contribution in [3.63, 3.8) is 0 Å². The zero-order chi connectivity index (χ0) is 13.7. The number of carbonyl (C=O) groups excluding carboxylic acids is 1. The number of alkyl halides is 2. The first kappa shape index (κ1) is 15.7. The first-order valence-corrected chi connectivity index (χ1v) is 6.85. The number of ether oxygens (including phenoxy) is 1. The lowest BCUT2D eigenvalue weighted by Crippen LogP contribution is -2.10. The minimum atomic E-state index is -2.50. The molecule has 1 aromatic carbocycles. The van der Waals surface area contributed by atoms with Crippen LogP contribution in [-0.4, -0.2) is 25.4 Å². The topological polar surface area (TPSA) is 26.3 Å². The summed E-state index contributed by atoms with van der Waals surface area (Å²) in [5.41, 5.74) is 1.53. The SMILES string of the molecule is Cc1cc(Br)c(C(=O)CCOCC(F)F)cc1Br. The van der Waals surface area contributed by atoms with Crippen LogP contribution in [-0.2, 0) is 4.74 Å². The van der Waals surface area contributed by atoms with Crippen molar-refractivity contribution in [1.29, 1.82) is 0 Å². The molecular formula is C12H12Br2F2O2. The van der Waals surface area contributed by atoms with Crippen molar-refractivity contribution >= 4 is 37.6 Å². The van der Waals surface area contributed by atoms with Crippen molar-refractivity contribution in [3.05, 3.63) is 32.2 Å². The molecule has 0 aromatic heterocycles. The molecule has 0 heterocycles. The summed E-state index contributed by atoms with van der Waals surface area (Å²) in [6.45, 7) is 1.28. The van der Waals surface area contributed by atoms with Gasteiger partial charge in [0.25, 0.3) is 6.43 Å². The van der Waals surface area contributed by atoms with Crippen LogP contribution in [0.25, 0.3) is 0 Å². The van der Waals surface area contributed by atoms with Crippen LogP contribution in [0.3, 0.4) is 0 Å². The summed E-state index contributed by atoms with van der Waals surface area (Å²) in [5, 5.41) is 0. The number of Topliss-reactive ketones (excluding diaryl/α,β-unsaturated/α-hetero) is 1. The van der Waals surface area contributed by atoms with E-state index in [2.05, 4.69) is 36.6 Å². The lowest BCUT2D eigenvalue weighted by Gasteiger charge is -2.07. The van der Waals surface area contributed by atoms with Gasteiger partial charge in [0, 0.05) is 20.9 Å². The predicted molar refractivity (Wildman–Crippen MR) is 72.3 cm³/mol. The number of hydrogen-bond acceptors (Lipinski definition) is 2. The van der Waals surface area contributed by atoms with E-state index in [-0.39, 0.29) is 18.8 Å². The highest BCUT2D eigenvalue weighted by molar-refractivity contribution is 9.11. The molecule has 0 aliphatic rings. The number of benzene rings is 1. The molecule has 0 aliphatic heterocycles. The fourth-order valence-corrected chi connectivity index (χ4v) is 2.35. The largest absolute Gasteiger partial charge is 0.375 e. The molecule has 0 spiro atoms. The van der Waals surface area contributed by atoms with Crippen LogP contribution in [0.15, 0.2) is 21.1 Å². The van der Waals surface area contributed by atoms with Gasteiger partial charge in [-0.3, -0.25) is 4.79 Å². The average Bonchev–Trinajstić information content (AvgIpc) is 2.28. The van der Waals surface area contributed by atoms with Gasteiger partial charge in [-0.05, 0) is 24.6 Å². The van der Waals surface area contributed by atoms with E-state index in [1.54, 1.807) is 6.07 Å². The van der Waals surface area contributed by atoms with Gasteiger partial charge in [-0.2, -0.15) is 0 Å². The summed E-state index contributed by atoms with van der Waals surface area (Å²) in [7, 11) is 0. The van der Waals surface area contributed by atoms with Crippen molar-refractivity contribution < 1.29 is 18.3 Å². The summed E-state index contributed by atoms with van der Waals surface area (Å²) >= 11 is 6.66. The van der Waals surface area contributed by atoms with Crippen molar-refractivity contribution in [2.24, 2.45) is 0 Å². The number of ketones is 1. The average molecular weight is 386 g/mol. The monoisotopic (exact) mass is 384 g/mol. The quantitative estimate of drug-likeness (QED) is 0.536. The summed E-state index contributed by atoms with van der Waals surface area (Å²) < 4.78 is 29.9. The van der Waals surface area contributed by atoms with Crippen LogP contribution < -0.4 is 0 Å². The summed E-state index contributed by atoms with van der Waals surface area (Å²) in [6.07, 6.45) is -2.42. The minimum Gasteiger partial charge on any atom is -0.375 e. The second-order valence-corrected chi connectivity index (χ2v) is 5.43. The van der Waals surface area contributed by atoms with Gasteiger partial charge in [0.2, 0.25) is 0 Å². The van der Waals surface area contributed by atoms with Gasteiger partial charge in [-0.1, -0.05) is 31.9 Å². The van der Waals surface area contributed by atoms with Crippen LogP contribution in [0, 0.1) is 6.92 Å². The molecule has 0 radical (unpaired) electrons. The molecule has 18 heavy (non-hydrogen) atoms. The maximum Gasteiger partial charge on any atom is 0.261 e. The first-order chi connectivity index (χ1) is 8.41. The normalized spacial score (nSPS) is 11.0. The Bertz CT molecular complexity index is 436. The third kappa shape index (κ3) is 4.74. The fraction of sp³-hybridized carbons (Fsp3) is 0.417. The Morgan fingerprint density at radius 3 is 2.61 bits per heavy atom. The van der Waals surface area contributed by atoms with Crippen LogP contribution in [0.1, 0.15) is 22.3 Å². The van der Waals surface area contributed by atoms with E-state index < -0.39 is 13.0 Å². The number of hydrogen-bond donors (Lipinski definition) is 0. The Morgan fingerprint density at radius 1 is 1.33 bits per heavy atom. The molecule has 0 amide bonds. The lowest BCUT2D eigenvalue weighted by atomic mass is 10.1. The first-order valence-electron chi connectivity index (χ1n) is 5.26. The maximum atomic E-state index is 11.9. The third-order valence-corrected chi connectivity index (χ3v) is 3.78. The molecule has 0 saturated carbocycles. The molecule has 6 heteroatoms. The Hall–Kier alpha value is -0.330. The molecule has 0 atom stereocenters. The van der Waals surface area contributed by atoms with E-state index in [1.807, 2.05) is 13.0 Å². The Balaban J connectivity index is 2.59. The van der Waals surface area contributed by atoms with Gasteiger partial charge in [-0.25, -0.2) is 8.78 Å². The van der Waals surface area contributed by atoms with Crippen LogP contribution >= 0.6 is 31.9 Å². The molecule has 0 unspecified atom stereocenters. The zero-order valence-corrected chi connectivity index (χ0v) is 12.9. The van der Waals surface area contributed by atoms with Crippen molar-refractivity contribution in [1.82, 2.24) is 0 Å². The minimum absolute atomic E-state index is 0.00110. The maximum absolute atomic E-state index is 11.9. The molecule has 0 N–H and O–H groups in total. The molecule has 0 aliphatic carbocycles. The van der Waals surface area contributed by atoms with E-state index in [1.165, 1.54) is 0 Å². The summed E-state index contributed by atoms with van der Waals surface area (Å²) in [6, 6.07) is 3.55. The van der Waals surface area contributed by atoms with Gasteiger partial charge in [0.05, 0.1) is 6.61 Å². The van der Waals surface area contributed by atoms with Crippen molar-refractivity contribution in [2.45, 2.75) is 19.8 Å². The van der Waals surface area contributed by atoms with Gasteiger partial charge in [-0.15, -0.1) is 0 Å². The summed E-state index contributed by atoms with van der Waals surface area (Å²) in [4.78, 5) is 11.9. The lowest BCUT2D eigenvalue weighted by molar-refractivity contribution is 0.0169. The Morgan fingerprint density at radius 2 is 2.00 bits per heavy atom. The van der Waals surface area contributed by atoms with E-state index in [4.69, 9.17) is 0 Å². The highest BCUT2D eigenvalue weighted by Crippen LogP contribution is 2.26. The number of halogens is 4. The Kier molecular flexibility index (Phi) is 6.38. The molecule has 1 rings (SSSR count). The zero-order valence-electron chi connectivity index (χ0n) is 9.68. The van der Waals surface area contributed by atoms with E-state index in [0.29, 0.717) is 10.0 Å². The molecule has 100 valence electrons.